The molecule has 1 aliphatic carbocycles. The summed E-state index contributed by atoms with van der Waals surface area (Å²) < 4.78 is 49.3. The number of carbonyl (C=O) groups excluding carboxylic acids is 3. The molecule has 0 heterocycles. The Morgan fingerprint density at radius 1 is 0.537 bits per heavy atom. The van der Waals surface area contributed by atoms with E-state index in [4.69, 9.17) is 23.3 Å². The number of hydrogen-bond acceptors (Lipinski definition) is 11. The molecule has 0 bridgehead atoms. The normalized spacial score (nSPS) is 25.0. The Kier molecular flexibility index (Phi) is 16.8. The molecule has 0 spiro atoms. The van der Waals surface area contributed by atoms with Crippen LogP contribution in [0.3, 0.4) is 0 Å². The quantitative estimate of drug-likeness (QED) is 0.0595. The summed E-state index contributed by atoms with van der Waals surface area (Å²) in [5, 5.41) is 11.0. The Balaban J connectivity index is 3.60. The van der Waals surface area contributed by atoms with Crippen molar-refractivity contribution in [1.29, 1.82) is 0 Å². The van der Waals surface area contributed by atoms with Crippen LogP contribution in [0.5, 0.6) is 0 Å². The molecule has 0 aromatic rings. The summed E-state index contributed by atoms with van der Waals surface area (Å²) in [5.74, 6) is -2.68. The Hall–Kier alpha value is -1.41. The maximum absolute atomic E-state index is 12.8. The minimum atomic E-state index is -5.45. The molecule has 0 unspecified atom stereocenters. The zero-order chi connectivity index (χ0) is 31.2. The van der Waals surface area contributed by atoms with E-state index >= 15 is 0 Å². The number of aliphatic hydroxyl groups is 1. The lowest BCUT2D eigenvalue weighted by Gasteiger charge is -2.46. The van der Waals surface area contributed by atoms with E-state index < -0.39 is 70.2 Å². The molecule has 17 heteroatoms. The van der Waals surface area contributed by atoms with Crippen molar-refractivity contribution in [2.45, 2.75) is 134 Å². The second-order valence-electron chi connectivity index (χ2n) is 9.85. The number of aliphatic hydroxyl groups excluding tert-OH is 1. The zero-order valence-electron chi connectivity index (χ0n) is 23.7. The first-order valence-electron chi connectivity index (χ1n) is 13.9. The summed E-state index contributed by atoms with van der Waals surface area (Å²) in [5.41, 5.74) is 0. The van der Waals surface area contributed by atoms with Gasteiger partial charge in [-0.3, -0.25) is 23.4 Å². The maximum Gasteiger partial charge on any atom is 0.470 e. The van der Waals surface area contributed by atoms with Crippen molar-refractivity contribution < 1.29 is 71.5 Å². The Morgan fingerprint density at radius 2 is 0.805 bits per heavy atom. The van der Waals surface area contributed by atoms with Crippen LogP contribution >= 0.6 is 15.6 Å². The molecule has 15 nitrogen and oxygen atoms in total. The van der Waals surface area contributed by atoms with E-state index in [0.29, 0.717) is 38.5 Å². The van der Waals surface area contributed by atoms with Gasteiger partial charge in [-0.2, -0.15) is 0 Å². The highest BCUT2D eigenvalue weighted by Crippen LogP contribution is 2.47. The predicted molar refractivity (Wildman–Crippen MR) is 142 cm³/mol. The van der Waals surface area contributed by atoms with Crippen molar-refractivity contribution in [1.82, 2.24) is 0 Å². The number of carbonyl (C=O) groups is 3. The van der Waals surface area contributed by atoms with Gasteiger partial charge in [-0.15, -0.1) is 0 Å². The van der Waals surface area contributed by atoms with E-state index in [2.05, 4.69) is 0 Å². The first-order valence-corrected chi connectivity index (χ1v) is 16.9. The highest BCUT2D eigenvalue weighted by atomic mass is 31.2. The second kappa shape index (κ2) is 18.3. The van der Waals surface area contributed by atoms with Gasteiger partial charge in [0.15, 0.2) is 18.3 Å². The topological polar surface area (TPSA) is 233 Å². The Labute approximate surface area is 239 Å². The van der Waals surface area contributed by atoms with Gasteiger partial charge in [-0.1, -0.05) is 59.3 Å². The van der Waals surface area contributed by atoms with Gasteiger partial charge in [-0.25, -0.2) is 9.13 Å². The van der Waals surface area contributed by atoms with E-state index in [1.807, 2.05) is 20.8 Å². The lowest BCUT2D eigenvalue weighted by atomic mass is 9.84. The van der Waals surface area contributed by atoms with Crippen LogP contribution in [-0.2, 0) is 46.8 Å². The summed E-state index contributed by atoms with van der Waals surface area (Å²) in [4.78, 5) is 76.3. The molecule has 41 heavy (non-hydrogen) atoms. The monoisotopic (exact) mass is 634 g/mol. The fourth-order valence-electron chi connectivity index (χ4n) is 4.29. The molecular formula is C24H44O15P2. The van der Waals surface area contributed by atoms with Gasteiger partial charge in [-0.05, 0) is 19.3 Å². The number of rotatable bonds is 19. The highest BCUT2D eigenvalue weighted by Gasteiger charge is 2.59. The fraction of sp³-hybridized carbons (Fsp3) is 0.875. The van der Waals surface area contributed by atoms with Gasteiger partial charge in [0.2, 0.25) is 0 Å². The summed E-state index contributed by atoms with van der Waals surface area (Å²) in [6.45, 7) is 5.67. The molecular weight excluding hydrogens is 590 g/mol. The summed E-state index contributed by atoms with van der Waals surface area (Å²) in [7, 11) is -10.9. The van der Waals surface area contributed by atoms with Gasteiger partial charge < -0.3 is 38.9 Å². The lowest BCUT2D eigenvalue weighted by molar-refractivity contribution is -0.243. The standard InChI is InChI=1S/C24H44O15P2/c1-4-7-10-13-16(25)35-22-20(38-40(29,30)31)19(28)21(39-41(32,33)34)23(36-17(26)14-11-8-5-2)24(22)37-18(27)15-12-9-6-3/h19-24,28H,4-15H2,1-3H3,(H2,29,30,31)(H2,32,33,34)/t19-,20-,21-,22+,23-,24-/m1/s1. The SMILES string of the molecule is CCCCCC(=O)O[C@@H]1[C@@H](OC(=O)CCCCC)[C@H](OP(=O)(O)O)[C@@H](O)[C@@H](OP(=O)(O)O)[C@H]1OC(=O)CCCCC. The number of phosphoric ester groups is 2. The third kappa shape index (κ3) is 14.5. The van der Waals surface area contributed by atoms with Gasteiger partial charge in [0.1, 0.15) is 18.3 Å². The largest absolute Gasteiger partial charge is 0.470 e. The molecule has 1 saturated carbocycles. The first kappa shape index (κ1) is 37.6. The molecule has 0 aliphatic heterocycles. The molecule has 1 fully saturated rings. The van der Waals surface area contributed by atoms with Crippen LogP contribution in [0.4, 0.5) is 0 Å². The minimum absolute atomic E-state index is 0.144. The molecule has 1 rings (SSSR count). The van der Waals surface area contributed by atoms with Gasteiger partial charge >= 0.3 is 33.6 Å². The molecule has 0 saturated heterocycles. The fourth-order valence-corrected chi connectivity index (χ4v) is 5.41. The van der Waals surface area contributed by atoms with Crippen LogP contribution in [0, 0.1) is 0 Å². The molecule has 0 amide bonds. The highest BCUT2D eigenvalue weighted by molar-refractivity contribution is 7.46. The summed E-state index contributed by atoms with van der Waals surface area (Å²) >= 11 is 0. The summed E-state index contributed by atoms with van der Waals surface area (Å²) in [6, 6.07) is 0. The van der Waals surface area contributed by atoms with Gasteiger partial charge in [0.25, 0.3) is 0 Å². The van der Waals surface area contributed by atoms with Crippen molar-refractivity contribution in [3.63, 3.8) is 0 Å². The van der Waals surface area contributed by atoms with E-state index in [0.717, 1.165) is 19.3 Å². The van der Waals surface area contributed by atoms with E-state index in [1.54, 1.807) is 0 Å². The number of ether oxygens (including phenoxy) is 3. The van der Waals surface area contributed by atoms with Crippen LogP contribution < -0.4 is 0 Å². The zero-order valence-corrected chi connectivity index (χ0v) is 25.5. The van der Waals surface area contributed by atoms with Crippen LogP contribution in [-0.4, -0.2) is 79.2 Å². The molecule has 5 N–H and O–H groups in total. The molecule has 6 atom stereocenters. The number of unbranched alkanes of at least 4 members (excludes halogenated alkanes) is 6. The second-order valence-corrected chi connectivity index (χ2v) is 12.2. The van der Waals surface area contributed by atoms with Gasteiger partial charge in [0, 0.05) is 19.3 Å². The average molecular weight is 635 g/mol. The molecule has 0 radical (unpaired) electrons. The minimum Gasteiger partial charge on any atom is -0.455 e. The molecule has 1 aliphatic rings. The number of hydrogen-bond donors (Lipinski definition) is 5. The third-order valence-corrected chi connectivity index (χ3v) is 7.28. The maximum atomic E-state index is 12.8. The van der Waals surface area contributed by atoms with Crippen molar-refractivity contribution in [2.75, 3.05) is 0 Å². The number of phosphoric acid groups is 2. The lowest BCUT2D eigenvalue weighted by Crippen LogP contribution is -2.67. The van der Waals surface area contributed by atoms with Crippen molar-refractivity contribution >= 4 is 33.6 Å². The van der Waals surface area contributed by atoms with E-state index in [-0.39, 0.29) is 19.3 Å². The van der Waals surface area contributed by atoms with Crippen LogP contribution in [0.25, 0.3) is 0 Å². The average Bonchev–Trinajstić information content (AvgIpc) is 2.85. The molecule has 240 valence electrons. The van der Waals surface area contributed by atoms with Crippen LogP contribution in [0.15, 0.2) is 0 Å². The van der Waals surface area contributed by atoms with Gasteiger partial charge in [0.05, 0.1) is 0 Å². The number of esters is 3. The molecule has 0 aromatic carbocycles. The van der Waals surface area contributed by atoms with Crippen molar-refractivity contribution in [2.24, 2.45) is 0 Å². The Morgan fingerprint density at radius 3 is 1.05 bits per heavy atom. The van der Waals surface area contributed by atoms with E-state index in [1.165, 1.54) is 0 Å². The third-order valence-electron chi connectivity index (χ3n) is 6.24. The van der Waals surface area contributed by atoms with Crippen molar-refractivity contribution in [3.05, 3.63) is 0 Å². The van der Waals surface area contributed by atoms with Crippen LogP contribution in [0.1, 0.15) is 97.8 Å². The first-order chi connectivity index (χ1) is 19.1. The van der Waals surface area contributed by atoms with E-state index in [9.17, 15) is 48.2 Å². The Bertz CT molecular complexity index is 857. The predicted octanol–water partition coefficient (Wildman–Crippen LogP) is 2.79. The smallest absolute Gasteiger partial charge is 0.455 e. The van der Waals surface area contributed by atoms with Crippen molar-refractivity contribution in [3.8, 4) is 0 Å². The summed E-state index contributed by atoms with van der Waals surface area (Å²) in [6.07, 6.45) is -7.60. The molecule has 0 aromatic heterocycles. The van der Waals surface area contributed by atoms with Crippen LogP contribution in [0.2, 0.25) is 0 Å².